The van der Waals surface area contributed by atoms with Crippen LogP contribution in [0, 0.1) is 0 Å². The van der Waals surface area contributed by atoms with Crippen molar-refractivity contribution in [3.63, 3.8) is 0 Å². The summed E-state index contributed by atoms with van der Waals surface area (Å²) >= 11 is 0. The molecule has 2 aromatic rings. The number of anilines is 1. The fourth-order valence-corrected chi connectivity index (χ4v) is 3.83. The third-order valence-corrected chi connectivity index (χ3v) is 5.56. The molecule has 31 heavy (non-hydrogen) atoms. The molecule has 0 radical (unpaired) electrons. The Bertz CT molecular complexity index is 1080. The first-order valence-electron chi connectivity index (χ1n) is 9.72. The number of sulfonamides is 1. The van der Waals surface area contributed by atoms with Gasteiger partial charge in [-0.2, -0.15) is 5.10 Å². The van der Waals surface area contributed by atoms with E-state index >= 15 is 0 Å². The van der Waals surface area contributed by atoms with Crippen molar-refractivity contribution in [3.8, 4) is 17.2 Å². The average molecular weight is 448 g/mol. The lowest BCUT2D eigenvalue weighted by molar-refractivity contribution is -0.119. The number of ether oxygens (including phenoxy) is 3. The Labute approximate surface area is 181 Å². The first-order valence-corrected chi connectivity index (χ1v) is 11.6. The molecule has 0 bridgehead atoms. The predicted molar refractivity (Wildman–Crippen MR) is 118 cm³/mol. The van der Waals surface area contributed by atoms with Gasteiger partial charge >= 0.3 is 0 Å². The van der Waals surface area contributed by atoms with Gasteiger partial charge in [-0.25, -0.2) is 13.8 Å². The van der Waals surface area contributed by atoms with Crippen molar-refractivity contribution in [2.24, 2.45) is 5.10 Å². The Morgan fingerprint density at radius 3 is 2.58 bits per heavy atom. The quantitative estimate of drug-likeness (QED) is 0.491. The Hall–Kier alpha value is -3.27. The van der Waals surface area contributed by atoms with E-state index in [0.29, 0.717) is 42.8 Å². The Morgan fingerprint density at radius 2 is 1.87 bits per heavy atom. The van der Waals surface area contributed by atoms with Crippen molar-refractivity contribution < 1.29 is 27.4 Å². The summed E-state index contributed by atoms with van der Waals surface area (Å²) in [4.78, 5) is 12.5. The lowest BCUT2D eigenvalue weighted by Gasteiger charge is -2.23. The largest absolute Gasteiger partial charge is 0.492 e. The summed E-state index contributed by atoms with van der Waals surface area (Å²) in [5.74, 6) is 1.05. The molecule has 1 aliphatic heterocycles. The topological polar surface area (TPSA) is 107 Å². The van der Waals surface area contributed by atoms with E-state index in [9.17, 15) is 13.2 Å². The summed E-state index contributed by atoms with van der Waals surface area (Å²) in [5, 5.41) is 4.10. The van der Waals surface area contributed by atoms with Crippen LogP contribution >= 0.6 is 0 Å². The van der Waals surface area contributed by atoms with Crippen LogP contribution in [0.25, 0.3) is 0 Å². The Balaban J connectivity index is 1.74. The summed E-state index contributed by atoms with van der Waals surface area (Å²) in [5.41, 5.74) is 3.98. The highest BCUT2D eigenvalue weighted by molar-refractivity contribution is 7.92. The minimum Gasteiger partial charge on any atom is -0.492 e. The number of nitrogens with zero attached hydrogens (tertiary/aromatic N) is 2. The van der Waals surface area contributed by atoms with Crippen LogP contribution in [-0.2, 0) is 14.8 Å². The maximum atomic E-state index is 12.5. The second kappa shape index (κ2) is 9.69. The van der Waals surface area contributed by atoms with Gasteiger partial charge in [0.2, 0.25) is 10.0 Å². The van der Waals surface area contributed by atoms with E-state index in [0.717, 1.165) is 16.1 Å². The molecule has 166 valence electrons. The molecule has 10 heteroatoms. The van der Waals surface area contributed by atoms with Crippen LogP contribution in [0.5, 0.6) is 17.2 Å². The minimum absolute atomic E-state index is 0.287. The zero-order valence-electron chi connectivity index (χ0n) is 17.6. The molecule has 0 aliphatic carbocycles. The van der Waals surface area contributed by atoms with Gasteiger partial charge in [0.05, 0.1) is 24.3 Å². The maximum absolute atomic E-state index is 12.5. The normalized spacial score (nSPS) is 13.5. The van der Waals surface area contributed by atoms with Gasteiger partial charge in [-0.1, -0.05) is 12.1 Å². The molecule has 1 heterocycles. The third kappa shape index (κ3) is 5.66. The molecule has 0 saturated heterocycles. The highest BCUT2D eigenvalue weighted by Crippen LogP contribution is 2.31. The summed E-state index contributed by atoms with van der Waals surface area (Å²) in [7, 11) is -3.74. The molecular formula is C21H25N3O6S. The van der Waals surface area contributed by atoms with Crippen LogP contribution in [0.15, 0.2) is 47.6 Å². The van der Waals surface area contributed by atoms with Crippen LogP contribution in [0.3, 0.4) is 0 Å². The summed E-state index contributed by atoms with van der Waals surface area (Å²) in [6, 6.07) is 12.0. The van der Waals surface area contributed by atoms with Gasteiger partial charge in [-0.3, -0.25) is 9.10 Å². The van der Waals surface area contributed by atoms with E-state index in [1.807, 2.05) is 0 Å². The molecule has 1 amide bonds. The maximum Gasteiger partial charge on any atom is 0.260 e. The zero-order valence-corrected chi connectivity index (χ0v) is 18.4. The predicted octanol–water partition coefficient (Wildman–Crippen LogP) is 2.16. The Morgan fingerprint density at radius 1 is 1.16 bits per heavy atom. The summed E-state index contributed by atoms with van der Waals surface area (Å²) < 4.78 is 42.2. The molecule has 0 unspecified atom stereocenters. The minimum atomic E-state index is -3.74. The molecule has 1 N–H and O–H groups in total. The van der Waals surface area contributed by atoms with Gasteiger partial charge in [0.25, 0.3) is 5.91 Å². The van der Waals surface area contributed by atoms with Gasteiger partial charge in [0, 0.05) is 5.56 Å². The number of carbonyl (C=O) groups excluding carboxylic acids is 1. The highest BCUT2D eigenvalue weighted by Gasteiger charge is 2.24. The van der Waals surface area contributed by atoms with E-state index in [-0.39, 0.29) is 5.69 Å². The van der Waals surface area contributed by atoms with Gasteiger partial charge in [-0.15, -0.1) is 0 Å². The number of amides is 1. The highest BCUT2D eigenvalue weighted by atomic mass is 32.2. The van der Waals surface area contributed by atoms with Gasteiger partial charge in [-0.05, 0) is 44.2 Å². The molecular weight excluding hydrogens is 422 g/mol. The molecule has 3 rings (SSSR count). The number of fused-ring (bicyclic) bond motifs is 1. The molecule has 0 saturated carbocycles. The molecule has 9 nitrogen and oxygen atoms in total. The van der Waals surface area contributed by atoms with Crippen molar-refractivity contribution >= 4 is 27.3 Å². The summed E-state index contributed by atoms with van der Waals surface area (Å²) in [6.45, 7) is 4.40. The van der Waals surface area contributed by atoms with Crippen LogP contribution in [0.4, 0.5) is 5.69 Å². The van der Waals surface area contributed by atoms with E-state index < -0.39 is 22.5 Å². The second-order valence-corrected chi connectivity index (χ2v) is 8.67. The van der Waals surface area contributed by atoms with Crippen molar-refractivity contribution in [2.75, 3.05) is 36.9 Å². The van der Waals surface area contributed by atoms with Crippen molar-refractivity contribution in [1.29, 1.82) is 0 Å². The monoisotopic (exact) mass is 447 g/mol. The van der Waals surface area contributed by atoms with Crippen LogP contribution < -0.4 is 23.9 Å². The SMILES string of the molecule is CCOc1ccccc1N(CC(=O)N/N=C(/C)c1ccc2c(c1)OCCO2)S(C)(=O)=O. The van der Waals surface area contributed by atoms with Crippen molar-refractivity contribution in [2.45, 2.75) is 13.8 Å². The van der Waals surface area contributed by atoms with Crippen LogP contribution in [0.2, 0.25) is 0 Å². The Kier molecular flexibility index (Phi) is 7.01. The lowest BCUT2D eigenvalue weighted by atomic mass is 10.1. The summed E-state index contributed by atoms with van der Waals surface area (Å²) in [6.07, 6.45) is 1.03. The lowest BCUT2D eigenvalue weighted by Crippen LogP contribution is -2.39. The number of carbonyl (C=O) groups is 1. The van der Waals surface area contributed by atoms with Crippen LogP contribution in [-0.4, -0.2) is 52.7 Å². The van der Waals surface area contributed by atoms with E-state index in [2.05, 4.69) is 10.5 Å². The number of hydrogen-bond acceptors (Lipinski definition) is 7. The third-order valence-electron chi connectivity index (χ3n) is 4.43. The molecule has 1 aliphatic rings. The number of hydrogen-bond donors (Lipinski definition) is 1. The first kappa shape index (κ1) is 22.4. The number of para-hydroxylation sites is 2. The van der Waals surface area contributed by atoms with E-state index in [1.54, 1.807) is 56.3 Å². The van der Waals surface area contributed by atoms with Gasteiger partial charge in [0.1, 0.15) is 25.5 Å². The standard InChI is InChI=1S/C21H25N3O6S/c1-4-28-18-8-6-5-7-17(18)24(31(3,26)27)14-21(25)23-22-15(2)16-9-10-19-20(13-16)30-12-11-29-19/h5-10,13H,4,11-12,14H2,1-3H3,(H,23,25)/b22-15-. The second-order valence-electron chi connectivity index (χ2n) is 6.76. The van der Waals surface area contributed by atoms with Gasteiger partial charge in [0.15, 0.2) is 11.5 Å². The fourth-order valence-electron chi connectivity index (χ4n) is 2.97. The van der Waals surface area contributed by atoms with Crippen molar-refractivity contribution in [3.05, 3.63) is 48.0 Å². The van der Waals surface area contributed by atoms with E-state index in [4.69, 9.17) is 14.2 Å². The average Bonchev–Trinajstić information content (AvgIpc) is 2.75. The number of hydrazone groups is 1. The van der Waals surface area contributed by atoms with E-state index in [1.165, 1.54) is 0 Å². The smallest absolute Gasteiger partial charge is 0.260 e. The fraction of sp³-hybridized carbons (Fsp3) is 0.333. The van der Waals surface area contributed by atoms with Crippen molar-refractivity contribution in [1.82, 2.24) is 5.43 Å². The molecule has 0 atom stereocenters. The number of nitrogens with one attached hydrogen (secondary N) is 1. The first-order chi connectivity index (χ1) is 14.8. The van der Waals surface area contributed by atoms with Crippen LogP contribution in [0.1, 0.15) is 19.4 Å². The molecule has 0 aromatic heterocycles. The number of rotatable bonds is 8. The molecule has 2 aromatic carbocycles. The zero-order chi connectivity index (χ0) is 22.4. The van der Waals surface area contributed by atoms with Gasteiger partial charge < -0.3 is 14.2 Å². The molecule has 0 spiro atoms. The number of benzene rings is 2. The molecule has 0 fully saturated rings.